The lowest BCUT2D eigenvalue weighted by atomic mass is 9.84. The molecule has 9 aromatic rings. The van der Waals surface area contributed by atoms with E-state index in [1.165, 1.54) is 0 Å². The van der Waals surface area contributed by atoms with Crippen LogP contribution in [0.15, 0.2) is 174 Å². The molecule has 0 N–H and O–H groups in total. The highest BCUT2D eigenvalue weighted by Crippen LogP contribution is 2.47. The van der Waals surface area contributed by atoms with Crippen molar-refractivity contribution in [3.8, 4) is 44.5 Å². The number of furan rings is 1. The van der Waals surface area contributed by atoms with Crippen LogP contribution < -0.4 is 0 Å². The molecule has 0 spiro atoms. The van der Waals surface area contributed by atoms with Gasteiger partial charge in [0.2, 0.25) is 0 Å². The summed E-state index contributed by atoms with van der Waals surface area (Å²) in [6.07, 6.45) is 0. The zero-order chi connectivity index (χ0) is 39.3. The summed E-state index contributed by atoms with van der Waals surface area (Å²) < 4.78 is 102. The molecule has 9 rings (SSSR count). The smallest absolute Gasteiger partial charge is 0.143 e. The summed E-state index contributed by atoms with van der Waals surface area (Å²) in [5, 5.41) is 3.23. The Balaban J connectivity index is 1.42. The van der Waals surface area contributed by atoms with Gasteiger partial charge in [-0.2, -0.15) is 0 Å². The van der Waals surface area contributed by atoms with Gasteiger partial charge in [0.05, 0.1) is 15.1 Å². The van der Waals surface area contributed by atoms with Crippen molar-refractivity contribution >= 4 is 43.5 Å². The molecule has 210 valence electrons. The molecule has 0 atom stereocenters. The van der Waals surface area contributed by atoms with Crippen LogP contribution in [-0.2, 0) is 0 Å². The molecule has 0 amide bonds. The molecule has 0 aliphatic carbocycles. The van der Waals surface area contributed by atoms with E-state index >= 15 is 0 Å². The largest absolute Gasteiger partial charge is 0.455 e. The Morgan fingerprint density at radius 2 is 0.978 bits per heavy atom. The van der Waals surface area contributed by atoms with Crippen molar-refractivity contribution in [2.75, 3.05) is 0 Å². The highest BCUT2D eigenvalue weighted by Gasteiger charge is 2.20. The predicted molar refractivity (Wildman–Crippen MR) is 190 cm³/mol. The van der Waals surface area contributed by atoms with Crippen LogP contribution in [0, 0.1) is 0 Å². The summed E-state index contributed by atoms with van der Waals surface area (Å²) in [7, 11) is 0. The van der Waals surface area contributed by atoms with Crippen molar-refractivity contribution in [1.82, 2.24) is 0 Å². The van der Waals surface area contributed by atoms with Crippen molar-refractivity contribution in [3.05, 3.63) is 170 Å². The Bertz CT molecular complexity index is 3070. The summed E-state index contributed by atoms with van der Waals surface area (Å²) in [6, 6.07) is 28.0. The first-order chi connectivity index (χ1) is 26.9. The maximum atomic E-state index is 9.86. The summed E-state index contributed by atoms with van der Waals surface area (Å²) in [5.74, 6) is 0. The van der Waals surface area contributed by atoms with E-state index in [9.17, 15) is 2.74 Å². The Morgan fingerprint density at radius 3 is 1.69 bits per heavy atom. The van der Waals surface area contributed by atoms with E-state index < -0.39 is 30.2 Å². The summed E-state index contributed by atoms with van der Waals surface area (Å²) in [6.45, 7) is 0. The number of fused-ring (bicyclic) bond motifs is 5. The lowest BCUT2D eigenvalue weighted by molar-refractivity contribution is 0.670. The number of para-hydroxylation sites is 1. The number of hydrogen-bond donors (Lipinski definition) is 0. The molecule has 0 fully saturated rings. The topological polar surface area (TPSA) is 13.1 Å². The highest BCUT2D eigenvalue weighted by molar-refractivity contribution is 6.23. The van der Waals surface area contributed by atoms with E-state index in [0.29, 0.717) is 33.0 Å². The van der Waals surface area contributed by atoms with E-state index in [1.54, 1.807) is 12.1 Å². The Kier molecular flexibility index (Phi) is 3.87. The second-order valence-electron chi connectivity index (χ2n) is 10.8. The molecular weight excluding hydrogens is 544 g/mol. The van der Waals surface area contributed by atoms with Gasteiger partial charge in [0.15, 0.2) is 0 Å². The predicted octanol–water partition coefficient (Wildman–Crippen LogP) is 12.6. The SMILES string of the molecule is [2H]c1c([2H])c([2H])c(-c2cccc(-c3c4ccccc4c(-c4c([2H])c(-c5ccccc5)c5oc6c([2H])c([2H])c([2H])c([2H])c6c5c4[2H])c4ccccc34)c2)c([2H])c1[2H]. The second-order valence-corrected chi connectivity index (χ2v) is 10.8. The van der Waals surface area contributed by atoms with Gasteiger partial charge in [0, 0.05) is 16.3 Å². The van der Waals surface area contributed by atoms with Gasteiger partial charge in [0.25, 0.3) is 0 Å². The van der Waals surface area contributed by atoms with Crippen molar-refractivity contribution in [2.45, 2.75) is 0 Å². The van der Waals surface area contributed by atoms with E-state index in [4.69, 9.17) is 16.8 Å². The van der Waals surface area contributed by atoms with E-state index in [2.05, 4.69) is 0 Å². The van der Waals surface area contributed by atoms with E-state index in [-0.39, 0.29) is 69.3 Å². The molecule has 0 aliphatic rings. The van der Waals surface area contributed by atoms with E-state index in [0.717, 1.165) is 21.9 Å². The monoisotopic (exact) mass is 583 g/mol. The average Bonchev–Trinajstić information content (AvgIpc) is 3.62. The minimum absolute atomic E-state index is 0.00532. The number of hydrogen-bond acceptors (Lipinski definition) is 1. The van der Waals surface area contributed by atoms with Crippen LogP contribution in [-0.4, -0.2) is 0 Å². The Labute approximate surface area is 277 Å². The van der Waals surface area contributed by atoms with Crippen LogP contribution >= 0.6 is 0 Å². The van der Waals surface area contributed by atoms with Crippen LogP contribution in [0.25, 0.3) is 88.0 Å². The van der Waals surface area contributed by atoms with Gasteiger partial charge in [-0.1, -0.05) is 145 Å². The highest BCUT2D eigenvalue weighted by atomic mass is 16.3. The maximum Gasteiger partial charge on any atom is 0.143 e. The van der Waals surface area contributed by atoms with Crippen molar-refractivity contribution in [2.24, 2.45) is 0 Å². The van der Waals surface area contributed by atoms with Gasteiger partial charge in [-0.3, -0.25) is 0 Å². The summed E-state index contributed by atoms with van der Waals surface area (Å²) >= 11 is 0. The quantitative estimate of drug-likeness (QED) is 0.188. The molecule has 0 aliphatic heterocycles. The average molecular weight is 584 g/mol. The van der Waals surface area contributed by atoms with Gasteiger partial charge in [-0.05, 0) is 84.7 Å². The second kappa shape index (κ2) is 10.4. The fourth-order valence-electron chi connectivity index (χ4n) is 6.32. The number of rotatable bonds is 4. The molecule has 0 unspecified atom stereocenters. The molecule has 0 saturated carbocycles. The molecule has 1 heteroatoms. The molecule has 0 bridgehead atoms. The first-order valence-corrected chi connectivity index (χ1v) is 14.5. The van der Waals surface area contributed by atoms with Gasteiger partial charge in [0.1, 0.15) is 11.2 Å². The Hall–Kier alpha value is -5.92. The van der Waals surface area contributed by atoms with E-state index in [1.807, 2.05) is 91.0 Å². The van der Waals surface area contributed by atoms with Gasteiger partial charge >= 0.3 is 0 Å². The van der Waals surface area contributed by atoms with Gasteiger partial charge in [-0.15, -0.1) is 0 Å². The van der Waals surface area contributed by atoms with Crippen molar-refractivity contribution in [3.63, 3.8) is 0 Å². The Morgan fingerprint density at radius 1 is 0.400 bits per heavy atom. The maximum absolute atomic E-state index is 9.86. The zero-order valence-electron chi connectivity index (χ0n) is 34.7. The van der Waals surface area contributed by atoms with Gasteiger partial charge in [-0.25, -0.2) is 0 Å². The third kappa shape index (κ3) is 4.17. The normalized spacial score (nSPS) is 15.0. The third-order valence-corrected chi connectivity index (χ3v) is 8.25. The first-order valence-electron chi connectivity index (χ1n) is 20.0. The molecule has 8 aromatic carbocycles. The lowest BCUT2D eigenvalue weighted by Gasteiger charge is -2.19. The summed E-state index contributed by atoms with van der Waals surface area (Å²) in [5.41, 5.74) is 3.94. The number of benzene rings is 8. The molecule has 1 heterocycles. The van der Waals surface area contributed by atoms with Crippen LogP contribution in [0.5, 0.6) is 0 Å². The van der Waals surface area contributed by atoms with Gasteiger partial charge < -0.3 is 4.42 Å². The van der Waals surface area contributed by atoms with Crippen LogP contribution in [0.3, 0.4) is 0 Å². The van der Waals surface area contributed by atoms with Crippen LogP contribution in [0.2, 0.25) is 0 Å². The molecular formula is C44H28O. The molecule has 1 aromatic heterocycles. The van der Waals surface area contributed by atoms with Crippen molar-refractivity contribution in [1.29, 1.82) is 0 Å². The van der Waals surface area contributed by atoms with Crippen LogP contribution in [0.1, 0.15) is 15.1 Å². The molecule has 45 heavy (non-hydrogen) atoms. The zero-order valence-corrected chi connectivity index (χ0v) is 23.7. The summed E-state index contributed by atoms with van der Waals surface area (Å²) in [4.78, 5) is 0. The molecule has 0 saturated heterocycles. The van der Waals surface area contributed by atoms with Crippen LogP contribution in [0.4, 0.5) is 0 Å². The standard InChI is InChI=1S/C44H28O/c1-3-14-29(15-4-1)31-18-13-19-32(26-31)42-35-21-7-9-23-37(35)43(38-24-10-8-22-36(38)42)33-27-39(30-16-5-2-6-17-30)44-40(28-33)34-20-11-12-25-41(34)45-44/h1-28H/i1D,3D,4D,11D,12D,14D,15D,20D,25D,27D,28D. The fraction of sp³-hybridized carbons (Fsp3) is 0. The minimum atomic E-state index is -0.465. The van der Waals surface area contributed by atoms with Crippen molar-refractivity contribution < 1.29 is 19.5 Å². The molecule has 0 radical (unpaired) electrons. The third-order valence-electron chi connectivity index (χ3n) is 8.25. The molecule has 1 nitrogen and oxygen atoms in total. The fourth-order valence-corrected chi connectivity index (χ4v) is 6.32. The minimum Gasteiger partial charge on any atom is -0.455 e. The first kappa shape index (κ1) is 16.8. The lowest BCUT2D eigenvalue weighted by Crippen LogP contribution is -1.92.